The highest BCUT2D eigenvalue weighted by molar-refractivity contribution is 14.1. The fourth-order valence-corrected chi connectivity index (χ4v) is 2.49. The first-order valence-corrected chi connectivity index (χ1v) is 7.52. The van der Waals surface area contributed by atoms with E-state index < -0.39 is 0 Å². The minimum Gasteiger partial charge on any atom is -0.271 e. The molecule has 0 aliphatic carbocycles. The zero-order chi connectivity index (χ0) is 13.8. The first-order chi connectivity index (χ1) is 9.10. The normalized spacial score (nSPS) is 12.4. The second-order valence-electron chi connectivity index (χ2n) is 4.56. The van der Waals surface area contributed by atoms with Crippen LogP contribution in [-0.4, -0.2) is 0 Å². The van der Waals surface area contributed by atoms with Gasteiger partial charge in [-0.3, -0.25) is 11.3 Å². The Morgan fingerprint density at radius 2 is 1.89 bits per heavy atom. The molecule has 0 fully saturated rings. The smallest absolute Gasteiger partial charge is 0.0500 e. The number of hydrogen-bond acceptors (Lipinski definition) is 2. The standard InChI is InChI=1S/C15H16ClIN2/c1-10-8-12(4-7-14(10)16)15(19-18)9-11-2-5-13(17)6-3-11/h2-8,15,19H,9,18H2,1H3. The highest BCUT2D eigenvalue weighted by Crippen LogP contribution is 2.23. The molecule has 4 heteroatoms. The zero-order valence-corrected chi connectivity index (χ0v) is 13.6. The van der Waals surface area contributed by atoms with E-state index in [0.717, 1.165) is 22.6 Å². The molecule has 2 nitrogen and oxygen atoms in total. The summed E-state index contributed by atoms with van der Waals surface area (Å²) in [6.07, 6.45) is 0.856. The summed E-state index contributed by atoms with van der Waals surface area (Å²) in [4.78, 5) is 0. The lowest BCUT2D eigenvalue weighted by atomic mass is 9.98. The summed E-state index contributed by atoms with van der Waals surface area (Å²) in [5.74, 6) is 5.69. The second-order valence-corrected chi connectivity index (χ2v) is 6.21. The second kappa shape index (κ2) is 6.70. The number of hydrazine groups is 1. The van der Waals surface area contributed by atoms with Crippen molar-refractivity contribution in [3.05, 3.63) is 67.7 Å². The van der Waals surface area contributed by atoms with Gasteiger partial charge >= 0.3 is 0 Å². The van der Waals surface area contributed by atoms with Gasteiger partial charge in [0.2, 0.25) is 0 Å². The first-order valence-electron chi connectivity index (χ1n) is 6.07. The molecule has 1 atom stereocenters. The van der Waals surface area contributed by atoms with Crippen LogP contribution in [0, 0.1) is 10.5 Å². The predicted molar refractivity (Wildman–Crippen MR) is 89.1 cm³/mol. The molecule has 0 radical (unpaired) electrons. The van der Waals surface area contributed by atoms with Crippen LogP contribution in [0.3, 0.4) is 0 Å². The molecule has 0 aromatic heterocycles. The summed E-state index contributed by atoms with van der Waals surface area (Å²) in [5.41, 5.74) is 6.37. The molecule has 0 amide bonds. The van der Waals surface area contributed by atoms with Gasteiger partial charge in [0.25, 0.3) is 0 Å². The van der Waals surface area contributed by atoms with E-state index in [2.05, 4.69) is 58.3 Å². The molecule has 2 aromatic carbocycles. The summed E-state index contributed by atoms with van der Waals surface area (Å²) in [5, 5.41) is 0.786. The van der Waals surface area contributed by atoms with E-state index in [1.165, 1.54) is 9.13 Å². The average molecular weight is 387 g/mol. The molecule has 0 heterocycles. The zero-order valence-electron chi connectivity index (χ0n) is 10.7. The van der Waals surface area contributed by atoms with E-state index in [9.17, 15) is 0 Å². The lowest BCUT2D eigenvalue weighted by molar-refractivity contribution is 0.551. The number of halogens is 2. The van der Waals surface area contributed by atoms with Crippen LogP contribution in [0.1, 0.15) is 22.7 Å². The van der Waals surface area contributed by atoms with Crippen molar-refractivity contribution in [3.63, 3.8) is 0 Å². The van der Waals surface area contributed by atoms with Crippen molar-refractivity contribution in [2.24, 2.45) is 5.84 Å². The van der Waals surface area contributed by atoms with Crippen molar-refractivity contribution in [1.82, 2.24) is 5.43 Å². The fraction of sp³-hybridized carbons (Fsp3) is 0.200. The average Bonchev–Trinajstić information content (AvgIpc) is 2.41. The SMILES string of the molecule is Cc1cc(C(Cc2ccc(I)cc2)NN)ccc1Cl. The quantitative estimate of drug-likeness (QED) is 0.473. The maximum absolute atomic E-state index is 6.05. The molecule has 1 unspecified atom stereocenters. The van der Waals surface area contributed by atoms with Crippen LogP contribution in [-0.2, 0) is 6.42 Å². The Bertz CT molecular complexity index is 555. The lowest BCUT2D eigenvalue weighted by Gasteiger charge is -2.17. The molecule has 0 saturated heterocycles. The van der Waals surface area contributed by atoms with Crippen LogP contribution < -0.4 is 11.3 Å². The summed E-state index contributed by atoms with van der Waals surface area (Å²) >= 11 is 8.36. The van der Waals surface area contributed by atoms with E-state index in [1.807, 2.05) is 19.1 Å². The molecule has 0 aliphatic rings. The van der Waals surface area contributed by atoms with Crippen molar-refractivity contribution >= 4 is 34.2 Å². The number of rotatable bonds is 4. The fourth-order valence-electron chi connectivity index (χ4n) is 2.01. The van der Waals surface area contributed by atoms with Gasteiger partial charge in [0.1, 0.15) is 0 Å². The van der Waals surface area contributed by atoms with Gasteiger partial charge in [-0.05, 0) is 70.8 Å². The van der Waals surface area contributed by atoms with Gasteiger partial charge in [-0.2, -0.15) is 0 Å². The highest BCUT2D eigenvalue weighted by atomic mass is 127. The summed E-state index contributed by atoms with van der Waals surface area (Å²) in [6.45, 7) is 2.00. The molecular formula is C15H16ClIN2. The largest absolute Gasteiger partial charge is 0.271 e. The lowest BCUT2D eigenvalue weighted by Crippen LogP contribution is -2.29. The van der Waals surface area contributed by atoms with E-state index in [0.29, 0.717) is 0 Å². The van der Waals surface area contributed by atoms with Gasteiger partial charge in [-0.25, -0.2) is 0 Å². The highest BCUT2D eigenvalue weighted by Gasteiger charge is 2.11. The van der Waals surface area contributed by atoms with E-state index in [1.54, 1.807) is 0 Å². The van der Waals surface area contributed by atoms with E-state index in [4.69, 9.17) is 17.4 Å². The molecule has 2 rings (SSSR count). The van der Waals surface area contributed by atoms with E-state index in [-0.39, 0.29) is 6.04 Å². The summed E-state index contributed by atoms with van der Waals surface area (Å²) in [7, 11) is 0. The van der Waals surface area contributed by atoms with Crippen LogP contribution in [0.2, 0.25) is 5.02 Å². The van der Waals surface area contributed by atoms with Gasteiger partial charge in [-0.1, -0.05) is 35.9 Å². The van der Waals surface area contributed by atoms with Crippen LogP contribution in [0.25, 0.3) is 0 Å². The third-order valence-corrected chi connectivity index (χ3v) is 4.28. The molecule has 2 aromatic rings. The van der Waals surface area contributed by atoms with E-state index >= 15 is 0 Å². The topological polar surface area (TPSA) is 38.0 Å². The number of hydrogen-bond donors (Lipinski definition) is 2. The Balaban J connectivity index is 2.19. The molecule has 3 N–H and O–H groups in total. The van der Waals surface area contributed by atoms with Crippen LogP contribution in [0.15, 0.2) is 42.5 Å². The predicted octanol–water partition coefficient (Wildman–Crippen LogP) is 4.00. The molecule has 0 bridgehead atoms. The van der Waals surface area contributed by atoms with Crippen molar-refractivity contribution in [2.75, 3.05) is 0 Å². The van der Waals surface area contributed by atoms with Crippen molar-refractivity contribution < 1.29 is 0 Å². The number of nitrogens with two attached hydrogens (primary N) is 1. The number of nitrogens with one attached hydrogen (secondary N) is 1. The molecular weight excluding hydrogens is 371 g/mol. The minimum atomic E-state index is 0.0935. The van der Waals surface area contributed by atoms with Gasteiger partial charge in [0, 0.05) is 14.6 Å². The molecule has 0 aliphatic heterocycles. The van der Waals surface area contributed by atoms with Crippen LogP contribution in [0.4, 0.5) is 0 Å². The Hall–Kier alpha value is -0.620. The van der Waals surface area contributed by atoms with Gasteiger partial charge in [0.15, 0.2) is 0 Å². The number of aryl methyl sites for hydroxylation is 1. The van der Waals surface area contributed by atoms with Crippen LogP contribution >= 0.6 is 34.2 Å². The summed E-state index contributed by atoms with van der Waals surface area (Å²) in [6, 6.07) is 14.6. The summed E-state index contributed by atoms with van der Waals surface area (Å²) < 4.78 is 1.24. The van der Waals surface area contributed by atoms with Gasteiger partial charge in [0.05, 0.1) is 0 Å². The first kappa shape index (κ1) is 14.8. The van der Waals surface area contributed by atoms with Gasteiger partial charge in [-0.15, -0.1) is 0 Å². The minimum absolute atomic E-state index is 0.0935. The molecule has 100 valence electrons. The van der Waals surface area contributed by atoms with Crippen molar-refractivity contribution in [2.45, 2.75) is 19.4 Å². The van der Waals surface area contributed by atoms with Crippen molar-refractivity contribution in [3.8, 4) is 0 Å². The maximum Gasteiger partial charge on any atom is 0.0500 e. The Labute approximate surface area is 132 Å². The third kappa shape index (κ3) is 3.92. The van der Waals surface area contributed by atoms with Crippen molar-refractivity contribution in [1.29, 1.82) is 0 Å². The Kier molecular flexibility index (Phi) is 5.21. The Morgan fingerprint density at radius 1 is 1.21 bits per heavy atom. The Morgan fingerprint density at radius 3 is 2.47 bits per heavy atom. The molecule has 19 heavy (non-hydrogen) atoms. The maximum atomic E-state index is 6.05. The molecule has 0 spiro atoms. The monoisotopic (exact) mass is 386 g/mol. The van der Waals surface area contributed by atoms with Gasteiger partial charge < -0.3 is 0 Å². The van der Waals surface area contributed by atoms with Crippen LogP contribution in [0.5, 0.6) is 0 Å². The third-order valence-electron chi connectivity index (χ3n) is 3.14. The molecule has 0 saturated carbocycles. The number of benzene rings is 2.